The van der Waals surface area contributed by atoms with Gasteiger partial charge in [0.25, 0.3) is 0 Å². The van der Waals surface area contributed by atoms with Gasteiger partial charge in [-0.3, -0.25) is 0 Å². The van der Waals surface area contributed by atoms with Crippen LogP contribution in [0.25, 0.3) is 22.1 Å². The summed E-state index contributed by atoms with van der Waals surface area (Å²) in [5.41, 5.74) is 1.17. The van der Waals surface area contributed by atoms with Gasteiger partial charge in [-0.1, -0.05) is 12.1 Å². The molecule has 0 aliphatic rings. The maximum absolute atomic E-state index is 12.3. The van der Waals surface area contributed by atoms with Gasteiger partial charge in [-0.15, -0.1) is 0 Å². The predicted molar refractivity (Wildman–Crippen MR) is 96.6 cm³/mol. The summed E-state index contributed by atoms with van der Waals surface area (Å²) in [5, 5.41) is 0.763. The molecule has 3 aromatic rings. The highest BCUT2D eigenvalue weighted by molar-refractivity contribution is 5.83. The van der Waals surface area contributed by atoms with Gasteiger partial charge >= 0.3 is 11.6 Å². The minimum absolute atomic E-state index is 0.429. The highest BCUT2D eigenvalue weighted by Crippen LogP contribution is 2.26. The van der Waals surface area contributed by atoms with Crippen LogP contribution in [-0.4, -0.2) is 26.3 Å². The number of hydrogen-bond donors (Lipinski definition) is 0. The summed E-state index contributed by atoms with van der Waals surface area (Å²) in [5.74, 6) is 0.717. The Morgan fingerprint density at radius 3 is 2.35 bits per heavy atom. The van der Waals surface area contributed by atoms with Crippen molar-refractivity contribution in [3.8, 4) is 22.6 Å². The van der Waals surface area contributed by atoms with E-state index in [0.717, 1.165) is 5.39 Å². The van der Waals surface area contributed by atoms with E-state index in [1.54, 1.807) is 62.6 Å². The quantitative estimate of drug-likeness (QED) is 0.516. The van der Waals surface area contributed by atoms with Crippen molar-refractivity contribution in [2.45, 2.75) is 13.0 Å². The third-order valence-corrected chi connectivity index (χ3v) is 3.95. The topological polar surface area (TPSA) is 75.0 Å². The Kier molecular flexibility index (Phi) is 4.93. The molecule has 0 bridgehead atoms. The van der Waals surface area contributed by atoms with Crippen LogP contribution in [0.3, 0.4) is 0 Å². The summed E-state index contributed by atoms with van der Waals surface area (Å²) in [7, 11) is 2.88. The smallest absolute Gasteiger partial charge is 0.346 e. The molecule has 0 aliphatic heterocycles. The molecule has 6 nitrogen and oxygen atoms in total. The molecule has 0 saturated carbocycles. The number of carbonyl (C=O) groups is 1. The average molecular weight is 354 g/mol. The number of methoxy groups -OCH3 is 2. The maximum atomic E-state index is 12.3. The monoisotopic (exact) mass is 354 g/mol. The molecule has 0 amide bonds. The standard InChI is InChI=1S/C20H18O6/c1-12(19(21)24-3)25-15-6-4-13(5-7-15)17-11-14-10-16(23-2)8-9-18(14)26-20(17)22/h4-12H,1-3H3/t12-/m1/s1. The van der Waals surface area contributed by atoms with Crippen molar-refractivity contribution in [2.24, 2.45) is 0 Å². The normalized spacial score (nSPS) is 11.8. The molecule has 1 atom stereocenters. The van der Waals surface area contributed by atoms with Gasteiger partial charge in [0.15, 0.2) is 6.10 Å². The second-order valence-corrected chi connectivity index (χ2v) is 5.66. The van der Waals surface area contributed by atoms with Crippen molar-refractivity contribution < 1.29 is 23.4 Å². The lowest BCUT2D eigenvalue weighted by Crippen LogP contribution is -2.24. The summed E-state index contributed by atoms with van der Waals surface area (Å²) >= 11 is 0. The molecule has 1 aromatic heterocycles. The van der Waals surface area contributed by atoms with Gasteiger partial charge in [-0.2, -0.15) is 0 Å². The molecule has 0 saturated heterocycles. The van der Waals surface area contributed by atoms with Crippen LogP contribution in [-0.2, 0) is 9.53 Å². The molecule has 1 heterocycles. The van der Waals surface area contributed by atoms with Crippen LogP contribution in [0.4, 0.5) is 0 Å². The summed E-state index contributed by atoms with van der Waals surface area (Å²) in [6.45, 7) is 1.60. The Hall–Kier alpha value is -3.28. The van der Waals surface area contributed by atoms with Crippen molar-refractivity contribution in [3.63, 3.8) is 0 Å². The molecule has 0 unspecified atom stereocenters. The third-order valence-electron chi connectivity index (χ3n) is 3.95. The van der Waals surface area contributed by atoms with Crippen LogP contribution in [0, 0.1) is 0 Å². The van der Waals surface area contributed by atoms with E-state index in [1.807, 2.05) is 0 Å². The molecule has 0 N–H and O–H groups in total. The molecule has 0 fully saturated rings. The van der Waals surface area contributed by atoms with Crippen LogP contribution < -0.4 is 15.1 Å². The first-order valence-corrected chi connectivity index (χ1v) is 7.98. The SMILES string of the molecule is COC(=O)[C@@H](C)Oc1ccc(-c2cc3cc(OC)ccc3oc2=O)cc1. The second kappa shape index (κ2) is 7.31. The van der Waals surface area contributed by atoms with E-state index >= 15 is 0 Å². The Balaban J connectivity index is 1.92. The van der Waals surface area contributed by atoms with Gasteiger partial charge in [-0.05, 0) is 48.9 Å². The van der Waals surface area contributed by atoms with E-state index in [0.29, 0.717) is 28.2 Å². The number of fused-ring (bicyclic) bond motifs is 1. The molecule has 0 spiro atoms. The molecule has 6 heteroatoms. The number of carbonyl (C=O) groups excluding carboxylic acids is 1. The summed E-state index contributed by atoms with van der Waals surface area (Å²) in [6, 6.07) is 13.8. The summed E-state index contributed by atoms with van der Waals surface area (Å²) < 4.78 is 20.7. The van der Waals surface area contributed by atoms with Crippen LogP contribution in [0.5, 0.6) is 11.5 Å². The number of ether oxygens (including phenoxy) is 3. The molecule has 2 aromatic carbocycles. The predicted octanol–water partition coefficient (Wildman–Crippen LogP) is 3.41. The summed E-state index contributed by atoms with van der Waals surface area (Å²) in [4.78, 5) is 23.7. The minimum Gasteiger partial charge on any atom is -0.497 e. The fourth-order valence-corrected chi connectivity index (χ4v) is 2.56. The highest BCUT2D eigenvalue weighted by Gasteiger charge is 2.15. The van der Waals surface area contributed by atoms with Crippen LogP contribution in [0.1, 0.15) is 6.92 Å². The molecule has 0 aliphatic carbocycles. The fourth-order valence-electron chi connectivity index (χ4n) is 2.56. The fraction of sp³-hybridized carbons (Fsp3) is 0.200. The number of esters is 1. The van der Waals surface area contributed by atoms with Gasteiger partial charge in [0, 0.05) is 5.39 Å². The lowest BCUT2D eigenvalue weighted by Gasteiger charge is -2.12. The first-order chi connectivity index (χ1) is 12.5. The van der Waals surface area contributed by atoms with Gasteiger partial charge < -0.3 is 18.6 Å². The molecule has 3 rings (SSSR count). The molecular formula is C20H18O6. The zero-order valence-electron chi connectivity index (χ0n) is 14.6. The van der Waals surface area contributed by atoms with Gasteiger partial charge in [0.2, 0.25) is 0 Å². The average Bonchev–Trinajstić information content (AvgIpc) is 2.67. The number of benzene rings is 2. The van der Waals surface area contributed by atoms with E-state index in [-0.39, 0.29) is 0 Å². The first-order valence-electron chi connectivity index (χ1n) is 7.98. The maximum Gasteiger partial charge on any atom is 0.346 e. The van der Waals surface area contributed by atoms with E-state index in [1.165, 1.54) is 7.11 Å². The largest absolute Gasteiger partial charge is 0.497 e. The van der Waals surface area contributed by atoms with E-state index < -0.39 is 17.7 Å². The third kappa shape index (κ3) is 3.54. The Labute approximate surface area is 149 Å². The van der Waals surface area contributed by atoms with Crippen LogP contribution in [0.15, 0.2) is 57.7 Å². The lowest BCUT2D eigenvalue weighted by atomic mass is 10.1. The zero-order chi connectivity index (χ0) is 18.7. The number of hydrogen-bond acceptors (Lipinski definition) is 6. The number of rotatable bonds is 5. The van der Waals surface area contributed by atoms with Gasteiger partial charge in [-0.25, -0.2) is 9.59 Å². The molecule has 0 radical (unpaired) electrons. The van der Waals surface area contributed by atoms with E-state index in [2.05, 4.69) is 4.74 Å². The molecule has 26 heavy (non-hydrogen) atoms. The molecule has 134 valence electrons. The van der Waals surface area contributed by atoms with Crippen LogP contribution in [0.2, 0.25) is 0 Å². The van der Waals surface area contributed by atoms with Crippen LogP contribution >= 0.6 is 0 Å². The van der Waals surface area contributed by atoms with Crippen molar-refractivity contribution in [1.29, 1.82) is 0 Å². The first kappa shape index (κ1) is 17.5. The van der Waals surface area contributed by atoms with Crippen molar-refractivity contribution >= 4 is 16.9 Å². The second-order valence-electron chi connectivity index (χ2n) is 5.66. The van der Waals surface area contributed by atoms with E-state index in [4.69, 9.17) is 13.9 Å². The zero-order valence-corrected chi connectivity index (χ0v) is 14.6. The Morgan fingerprint density at radius 1 is 1.00 bits per heavy atom. The Bertz CT molecular complexity index is 987. The minimum atomic E-state index is -0.718. The van der Waals surface area contributed by atoms with Crippen molar-refractivity contribution in [3.05, 3.63) is 59.0 Å². The van der Waals surface area contributed by atoms with Gasteiger partial charge in [0.1, 0.15) is 17.1 Å². The van der Waals surface area contributed by atoms with Gasteiger partial charge in [0.05, 0.1) is 19.8 Å². The lowest BCUT2D eigenvalue weighted by molar-refractivity contribution is -0.147. The van der Waals surface area contributed by atoms with E-state index in [9.17, 15) is 9.59 Å². The Morgan fingerprint density at radius 2 is 1.69 bits per heavy atom. The highest BCUT2D eigenvalue weighted by atomic mass is 16.6. The summed E-state index contributed by atoms with van der Waals surface area (Å²) in [6.07, 6.45) is -0.718. The van der Waals surface area contributed by atoms with Crippen molar-refractivity contribution in [1.82, 2.24) is 0 Å². The molecular weight excluding hydrogens is 336 g/mol. The van der Waals surface area contributed by atoms with Crippen molar-refractivity contribution in [2.75, 3.05) is 14.2 Å².